The lowest BCUT2D eigenvalue weighted by molar-refractivity contribution is -0.193. The van der Waals surface area contributed by atoms with Gasteiger partial charge < -0.3 is 24.8 Å². The van der Waals surface area contributed by atoms with Gasteiger partial charge in [0.2, 0.25) is 0 Å². The normalized spacial score (nSPS) is 18.3. The molecule has 1 spiro atoms. The molecule has 2 fully saturated rings. The number of alkyl halides is 6. The van der Waals surface area contributed by atoms with Gasteiger partial charge in [0, 0.05) is 51.8 Å². The number of carboxylic acid groups (broad SMARTS) is 2. The molecule has 3 N–H and O–H groups in total. The third-order valence-corrected chi connectivity index (χ3v) is 6.03. The zero-order chi connectivity index (χ0) is 30.1. The van der Waals surface area contributed by atoms with Crippen molar-refractivity contribution in [2.45, 2.75) is 37.3 Å². The molecular formula is C24H28F6N4O6. The minimum absolute atomic E-state index is 0.00930. The minimum Gasteiger partial charge on any atom is -0.475 e. The van der Waals surface area contributed by atoms with Crippen LogP contribution in [0.4, 0.5) is 26.3 Å². The number of carbonyl (C=O) groups excluding carboxylic acids is 1. The number of ether oxygens (including phenoxy) is 1. The van der Waals surface area contributed by atoms with Crippen LogP contribution in [0.15, 0.2) is 42.9 Å². The van der Waals surface area contributed by atoms with Crippen LogP contribution in [-0.2, 0) is 27.9 Å². The van der Waals surface area contributed by atoms with Crippen LogP contribution in [0.3, 0.4) is 0 Å². The van der Waals surface area contributed by atoms with Crippen LogP contribution in [-0.4, -0.2) is 86.7 Å². The van der Waals surface area contributed by atoms with Crippen molar-refractivity contribution in [2.24, 2.45) is 13.0 Å². The van der Waals surface area contributed by atoms with Gasteiger partial charge in [-0.1, -0.05) is 0 Å². The Hall–Kier alpha value is -3.66. The Bertz CT molecular complexity index is 1100. The number of rotatable bonds is 5. The number of hydrogen-bond donors (Lipinski definition) is 3. The van der Waals surface area contributed by atoms with E-state index in [2.05, 4.69) is 27.3 Å². The molecule has 0 bridgehead atoms. The zero-order valence-electron chi connectivity index (χ0n) is 21.2. The number of halogens is 6. The first-order valence-electron chi connectivity index (χ1n) is 11.8. The Morgan fingerprint density at radius 1 is 1.05 bits per heavy atom. The van der Waals surface area contributed by atoms with Crippen LogP contribution in [0.25, 0.3) is 0 Å². The summed E-state index contributed by atoms with van der Waals surface area (Å²) >= 11 is 0. The van der Waals surface area contributed by atoms with E-state index in [9.17, 15) is 31.1 Å². The highest BCUT2D eigenvalue weighted by Gasteiger charge is 2.46. The molecular weight excluding hydrogens is 554 g/mol. The van der Waals surface area contributed by atoms with Crippen molar-refractivity contribution in [2.75, 3.05) is 26.2 Å². The van der Waals surface area contributed by atoms with Gasteiger partial charge in [0.15, 0.2) is 0 Å². The fraction of sp³-hybridized carbons (Fsp3) is 0.500. The number of pyridine rings is 1. The van der Waals surface area contributed by atoms with Gasteiger partial charge in [0.1, 0.15) is 5.69 Å². The Morgan fingerprint density at radius 3 is 2.02 bits per heavy atom. The van der Waals surface area contributed by atoms with E-state index in [1.807, 2.05) is 42.3 Å². The smallest absolute Gasteiger partial charge is 0.475 e. The molecule has 1 unspecified atom stereocenters. The summed E-state index contributed by atoms with van der Waals surface area (Å²) in [7, 11) is 1.89. The topological polar surface area (TPSA) is 134 Å². The van der Waals surface area contributed by atoms with Crippen molar-refractivity contribution < 1.29 is 55.7 Å². The van der Waals surface area contributed by atoms with E-state index in [1.54, 1.807) is 0 Å². The number of carboxylic acids is 2. The second-order valence-corrected chi connectivity index (χ2v) is 9.22. The summed E-state index contributed by atoms with van der Waals surface area (Å²) in [6, 6.07) is 7.86. The van der Waals surface area contributed by atoms with Gasteiger partial charge in [-0.15, -0.1) is 0 Å². The summed E-state index contributed by atoms with van der Waals surface area (Å²) in [5, 5.41) is 17.3. The molecule has 0 aliphatic carbocycles. The Balaban J connectivity index is 0.000000333. The number of aromatic nitrogens is 2. The molecule has 222 valence electrons. The molecule has 2 aromatic heterocycles. The monoisotopic (exact) mass is 582 g/mol. The number of nitrogens with one attached hydrogen (secondary N) is 1. The highest BCUT2D eigenvalue weighted by molar-refractivity contribution is 5.92. The van der Waals surface area contributed by atoms with E-state index >= 15 is 0 Å². The molecule has 10 nitrogen and oxygen atoms in total. The summed E-state index contributed by atoms with van der Waals surface area (Å²) in [5.41, 5.74) is 2.03. The van der Waals surface area contributed by atoms with Crippen molar-refractivity contribution in [1.82, 2.24) is 19.8 Å². The molecule has 2 aromatic rings. The van der Waals surface area contributed by atoms with Gasteiger partial charge in [-0.25, -0.2) is 9.59 Å². The highest BCUT2D eigenvalue weighted by atomic mass is 19.4. The van der Waals surface area contributed by atoms with Crippen molar-refractivity contribution in [3.05, 3.63) is 54.1 Å². The maximum atomic E-state index is 12.2. The zero-order valence-corrected chi connectivity index (χ0v) is 21.2. The molecule has 0 radical (unpaired) electrons. The molecule has 4 rings (SSSR count). The third-order valence-electron chi connectivity index (χ3n) is 6.03. The molecule has 16 heteroatoms. The number of likely N-dealkylation sites (tertiary alicyclic amines) is 1. The SMILES string of the molecule is Cn1cccc1C(=O)NCC1CCC2(CN(Cc3ccncc3)C2)OC1.O=C(O)C(F)(F)F.O=C(O)C(F)(F)F. The van der Waals surface area contributed by atoms with Crippen molar-refractivity contribution in [3.63, 3.8) is 0 Å². The van der Waals surface area contributed by atoms with E-state index < -0.39 is 24.3 Å². The molecule has 1 amide bonds. The summed E-state index contributed by atoms with van der Waals surface area (Å²) in [6.07, 6.45) is -2.41. The Labute approximate surface area is 224 Å². The van der Waals surface area contributed by atoms with Gasteiger partial charge in [0.25, 0.3) is 5.91 Å². The molecule has 40 heavy (non-hydrogen) atoms. The van der Waals surface area contributed by atoms with Crippen LogP contribution < -0.4 is 5.32 Å². The summed E-state index contributed by atoms with van der Waals surface area (Å²) in [6.45, 7) is 4.37. The number of amides is 1. The van der Waals surface area contributed by atoms with Crippen LogP contribution >= 0.6 is 0 Å². The average molecular weight is 582 g/mol. The van der Waals surface area contributed by atoms with E-state index in [0.29, 0.717) is 18.2 Å². The van der Waals surface area contributed by atoms with Crippen LogP contribution in [0.2, 0.25) is 0 Å². The standard InChI is InChI=1S/C20H26N4O2.2C2HF3O2/c1-23-10-2-3-18(23)19(25)22-11-17-4-7-20(26-13-17)14-24(15-20)12-16-5-8-21-9-6-16;2*3-2(4,5)1(6)7/h2-3,5-6,8-10,17H,4,7,11-15H2,1H3,(H,22,25);2*(H,6,7). The number of hydrogen-bond acceptors (Lipinski definition) is 6. The first-order chi connectivity index (χ1) is 18.5. The lowest BCUT2D eigenvalue weighted by atomic mass is 9.82. The second-order valence-electron chi connectivity index (χ2n) is 9.22. The molecule has 4 heterocycles. The number of aryl methyl sites for hydroxylation is 1. The molecule has 0 aromatic carbocycles. The lowest BCUT2D eigenvalue weighted by Gasteiger charge is -2.53. The summed E-state index contributed by atoms with van der Waals surface area (Å²) < 4.78 is 71.5. The molecule has 0 saturated carbocycles. The predicted octanol–water partition coefficient (Wildman–Crippen LogP) is 3.10. The van der Waals surface area contributed by atoms with E-state index in [-0.39, 0.29) is 11.5 Å². The number of nitrogens with zero attached hydrogens (tertiary/aromatic N) is 3. The third kappa shape index (κ3) is 10.1. The van der Waals surface area contributed by atoms with Gasteiger partial charge >= 0.3 is 24.3 Å². The Morgan fingerprint density at radius 2 is 1.60 bits per heavy atom. The summed E-state index contributed by atoms with van der Waals surface area (Å²) in [4.78, 5) is 36.5. The van der Waals surface area contributed by atoms with E-state index in [4.69, 9.17) is 24.5 Å². The largest absolute Gasteiger partial charge is 0.490 e. The highest BCUT2D eigenvalue weighted by Crippen LogP contribution is 2.36. The number of carbonyl (C=O) groups is 3. The predicted molar refractivity (Wildman–Crippen MR) is 126 cm³/mol. The van der Waals surface area contributed by atoms with E-state index in [0.717, 1.165) is 39.1 Å². The average Bonchev–Trinajstić information content (AvgIpc) is 3.28. The molecule has 2 saturated heterocycles. The van der Waals surface area contributed by atoms with Gasteiger partial charge in [0.05, 0.1) is 12.2 Å². The molecule has 2 aliphatic heterocycles. The second kappa shape index (κ2) is 13.6. The number of aliphatic carboxylic acids is 2. The van der Waals surface area contributed by atoms with Gasteiger partial charge in [-0.2, -0.15) is 26.3 Å². The van der Waals surface area contributed by atoms with Crippen LogP contribution in [0.1, 0.15) is 28.9 Å². The van der Waals surface area contributed by atoms with Gasteiger partial charge in [-0.05, 0) is 48.6 Å². The minimum atomic E-state index is -5.08. The van der Waals surface area contributed by atoms with Crippen molar-refractivity contribution >= 4 is 17.8 Å². The quantitative estimate of drug-likeness (QED) is 0.458. The van der Waals surface area contributed by atoms with Crippen LogP contribution in [0, 0.1) is 5.92 Å². The van der Waals surface area contributed by atoms with Crippen molar-refractivity contribution in [3.8, 4) is 0 Å². The maximum Gasteiger partial charge on any atom is 0.490 e. The fourth-order valence-corrected chi connectivity index (χ4v) is 3.98. The molecule has 1 atom stereocenters. The first kappa shape index (κ1) is 32.6. The van der Waals surface area contributed by atoms with Crippen molar-refractivity contribution in [1.29, 1.82) is 0 Å². The Kier molecular flexibility index (Phi) is 11.1. The lowest BCUT2D eigenvalue weighted by Crippen LogP contribution is -2.64. The fourth-order valence-electron chi connectivity index (χ4n) is 3.98. The summed E-state index contributed by atoms with van der Waals surface area (Å²) in [5.74, 6) is -5.12. The molecule has 2 aliphatic rings. The van der Waals surface area contributed by atoms with E-state index in [1.165, 1.54) is 5.56 Å². The van der Waals surface area contributed by atoms with Gasteiger partial charge in [-0.3, -0.25) is 14.7 Å². The maximum absolute atomic E-state index is 12.2. The first-order valence-corrected chi connectivity index (χ1v) is 11.8. The van der Waals surface area contributed by atoms with Crippen LogP contribution in [0.5, 0.6) is 0 Å².